The van der Waals surface area contributed by atoms with Crippen LogP contribution in [0.4, 0.5) is 0 Å². The van der Waals surface area contributed by atoms with Gasteiger partial charge in [-0.1, -0.05) is 65.3 Å². The van der Waals surface area contributed by atoms with E-state index in [2.05, 4.69) is 36.3 Å². The molecule has 0 radical (unpaired) electrons. The number of benzene rings is 2. The Morgan fingerprint density at radius 3 is 2.62 bits per heavy atom. The van der Waals surface area contributed by atoms with E-state index in [4.69, 9.17) is 10.9 Å². The zero-order chi connectivity index (χ0) is 15.1. The molecule has 1 atom stereocenters. The molecule has 3 N–H and O–H groups in total. The molecular weight excluding hydrogens is 280 g/mol. The Kier molecular flexibility index (Phi) is 5.69. The number of thioether (sulfide) groups is 1. The van der Waals surface area contributed by atoms with Crippen LogP contribution in [0.5, 0.6) is 0 Å². The monoisotopic (exact) mass is 300 g/mol. The normalized spacial score (nSPS) is 13.1. The van der Waals surface area contributed by atoms with Crippen molar-refractivity contribution in [3.05, 3.63) is 71.3 Å². The average Bonchev–Trinajstić information content (AvgIpc) is 2.52. The summed E-state index contributed by atoms with van der Waals surface area (Å²) in [5.74, 6) is 1.90. The first-order valence-electron chi connectivity index (χ1n) is 6.86. The number of amidine groups is 1. The van der Waals surface area contributed by atoms with E-state index in [0.717, 1.165) is 17.1 Å². The van der Waals surface area contributed by atoms with Crippen LogP contribution in [-0.4, -0.2) is 16.8 Å². The molecule has 2 aromatic rings. The summed E-state index contributed by atoms with van der Waals surface area (Å²) in [5, 5.41) is 12.2. The van der Waals surface area contributed by atoms with E-state index in [1.165, 1.54) is 11.1 Å². The summed E-state index contributed by atoms with van der Waals surface area (Å²) < 4.78 is 0. The Hall–Kier alpha value is -1.94. The summed E-state index contributed by atoms with van der Waals surface area (Å²) >= 11 is 1.79. The van der Waals surface area contributed by atoms with Crippen molar-refractivity contribution in [2.75, 3.05) is 5.75 Å². The molecule has 0 aliphatic rings. The van der Waals surface area contributed by atoms with Gasteiger partial charge in [-0.3, -0.25) is 0 Å². The molecule has 1 unspecified atom stereocenters. The van der Waals surface area contributed by atoms with Gasteiger partial charge in [-0.05, 0) is 18.1 Å². The van der Waals surface area contributed by atoms with Gasteiger partial charge in [-0.2, -0.15) is 11.8 Å². The third kappa shape index (κ3) is 4.53. The smallest absolute Gasteiger partial charge is 0.147 e. The molecule has 2 aromatic carbocycles. The Labute approximate surface area is 129 Å². The van der Waals surface area contributed by atoms with Crippen molar-refractivity contribution in [1.29, 1.82) is 0 Å². The highest BCUT2D eigenvalue weighted by Gasteiger charge is 2.16. The third-order valence-corrected chi connectivity index (χ3v) is 4.42. The molecule has 4 heteroatoms. The molecule has 21 heavy (non-hydrogen) atoms. The van der Waals surface area contributed by atoms with Gasteiger partial charge in [-0.15, -0.1) is 0 Å². The van der Waals surface area contributed by atoms with Gasteiger partial charge in [0.2, 0.25) is 0 Å². The minimum absolute atomic E-state index is 0.0639. The van der Waals surface area contributed by atoms with Crippen LogP contribution in [0, 0.1) is 6.92 Å². The highest BCUT2D eigenvalue weighted by molar-refractivity contribution is 7.98. The molecule has 0 spiro atoms. The average molecular weight is 300 g/mol. The van der Waals surface area contributed by atoms with Crippen LogP contribution in [-0.2, 0) is 5.75 Å². The second-order valence-electron chi connectivity index (χ2n) is 4.99. The van der Waals surface area contributed by atoms with Gasteiger partial charge in [0.05, 0.1) is 5.92 Å². The first-order chi connectivity index (χ1) is 10.2. The Morgan fingerprint density at radius 1 is 1.19 bits per heavy atom. The molecule has 0 aliphatic heterocycles. The topological polar surface area (TPSA) is 58.6 Å². The summed E-state index contributed by atoms with van der Waals surface area (Å²) in [6.45, 7) is 2.09. The minimum Gasteiger partial charge on any atom is -0.409 e. The molecule has 0 saturated heterocycles. The summed E-state index contributed by atoms with van der Waals surface area (Å²) in [7, 11) is 0. The van der Waals surface area contributed by atoms with Crippen molar-refractivity contribution in [3.63, 3.8) is 0 Å². The lowest BCUT2D eigenvalue weighted by atomic mass is 10.0. The highest BCUT2D eigenvalue weighted by Crippen LogP contribution is 2.23. The van der Waals surface area contributed by atoms with Crippen LogP contribution in [0.1, 0.15) is 22.6 Å². The number of rotatable bonds is 6. The summed E-state index contributed by atoms with van der Waals surface area (Å²) in [5.41, 5.74) is 9.48. The Morgan fingerprint density at radius 2 is 1.95 bits per heavy atom. The van der Waals surface area contributed by atoms with Crippen molar-refractivity contribution in [2.24, 2.45) is 10.9 Å². The van der Waals surface area contributed by atoms with E-state index in [1.54, 1.807) is 11.8 Å². The molecule has 0 bridgehead atoms. The maximum atomic E-state index is 8.97. The Bertz CT molecular complexity index is 599. The molecule has 0 fully saturated rings. The number of oxime groups is 1. The van der Waals surface area contributed by atoms with Gasteiger partial charge in [0.15, 0.2) is 0 Å². The van der Waals surface area contributed by atoms with Crippen molar-refractivity contribution in [2.45, 2.75) is 18.6 Å². The molecule has 0 heterocycles. The number of nitrogens with two attached hydrogens (primary N) is 1. The van der Waals surface area contributed by atoms with Crippen LogP contribution < -0.4 is 5.73 Å². The van der Waals surface area contributed by atoms with Gasteiger partial charge >= 0.3 is 0 Å². The number of aryl methyl sites for hydroxylation is 1. The fourth-order valence-corrected chi connectivity index (χ4v) is 3.34. The molecule has 2 rings (SSSR count). The predicted octanol–water partition coefficient (Wildman–Crippen LogP) is 3.76. The maximum Gasteiger partial charge on any atom is 0.147 e. The summed E-state index contributed by atoms with van der Waals surface area (Å²) in [4.78, 5) is 0. The van der Waals surface area contributed by atoms with Crippen LogP contribution >= 0.6 is 11.8 Å². The van der Waals surface area contributed by atoms with E-state index in [-0.39, 0.29) is 11.8 Å². The number of hydrogen-bond acceptors (Lipinski definition) is 3. The van der Waals surface area contributed by atoms with Crippen LogP contribution in [0.15, 0.2) is 59.8 Å². The molecule has 0 aromatic heterocycles. The van der Waals surface area contributed by atoms with Crippen LogP contribution in [0.3, 0.4) is 0 Å². The van der Waals surface area contributed by atoms with Gasteiger partial charge in [-0.25, -0.2) is 0 Å². The third-order valence-electron chi connectivity index (χ3n) is 3.31. The Balaban J connectivity index is 2.00. The first kappa shape index (κ1) is 15.4. The molecule has 0 amide bonds. The fourth-order valence-electron chi connectivity index (χ4n) is 2.20. The lowest BCUT2D eigenvalue weighted by Crippen LogP contribution is -2.24. The summed E-state index contributed by atoms with van der Waals surface area (Å²) in [6.07, 6.45) is 0. The van der Waals surface area contributed by atoms with Crippen molar-refractivity contribution in [3.8, 4) is 0 Å². The van der Waals surface area contributed by atoms with E-state index in [0.29, 0.717) is 0 Å². The zero-order valence-corrected chi connectivity index (χ0v) is 12.9. The van der Waals surface area contributed by atoms with Crippen LogP contribution in [0.2, 0.25) is 0 Å². The van der Waals surface area contributed by atoms with Crippen LogP contribution in [0.25, 0.3) is 0 Å². The standard InChI is InChI=1S/C17H20N2OS/c1-13-6-5-7-14(10-13)11-21-12-16(17(18)19-20)15-8-3-2-4-9-15/h2-10,16,20H,11-12H2,1H3,(H2,18,19). The molecular formula is C17H20N2OS. The van der Waals surface area contributed by atoms with Gasteiger partial charge in [0.1, 0.15) is 5.84 Å². The van der Waals surface area contributed by atoms with E-state index < -0.39 is 0 Å². The molecule has 3 nitrogen and oxygen atoms in total. The second-order valence-corrected chi connectivity index (χ2v) is 6.02. The first-order valence-corrected chi connectivity index (χ1v) is 8.02. The van der Waals surface area contributed by atoms with E-state index in [9.17, 15) is 0 Å². The quantitative estimate of drug-likeness (QED) is 0.369. The predicted molar refractivity (Wildman–Crippen MR) is 89.9 cm³/mol. The molecule has 0 aliphatic carbocycles. The summed E-state index contributed by atoms with van der Waals surface area (Å²) in [6, 6.07) is 18.4. The SMILES string of the molecule is Cc1cccc(CSCC(C(N)=NO)c2ccccc2)c1. The van der Waals surface area contributed by atoms with Gasteiger partial charge < -0.3 is 10.9 Å². The van der Waals surface area contributed by atoms with Crippen molar-refractivity contribution >= 4 is 17.6 Å². The van der Waals surface area contributed by atoms with Crippen molar-refractivity contribution in [1.82, 2.24) is 0 Å². The van der Waals surface area contributed by atoms with Crippen molar-refractivity contribution < 1.29 is 5.21 Å². The lowest BCUT2D eigenvalue weighted by molar-refractivity contribution is 0.316. The number of hydrogen-bond donors (Lipinski definition) is 2. The zero-order valence-electron chi connectivity index (χ0n) is 12.1. The van der Waals surface area contributed by atoms with Gasteiger partial charge in [0, 0.05) is 11.5 Å². The molecule has 110 valence electrons. The second kappa shape index (κ2) is 7.74. The highest BCUT2D eigenvalue weighted by atomic mass is 32.2. The molecule has 0 saturated carbocycles. The lowest BCUT2D eigenvalue weighted by Gasteiger charge is -2.15. The van der Waals surface area contributed by atoms with E-state index >= 15 is 0 Å². The largest absolute Gasteiger partial charge is 0.409 e. The maximum absolute atomic E-state index is 8.97. The van der Waals surface area contributed by atoms with E-state index in [1.807, 2.05) is 30.3 Å². The van der Waals surface area contributed by atoms with Gasteiger partial charge in [0.25, 0.3) is 0 Å². The fraction of sp³-hybridized carbons (Fsp3) is 0.235. The number of nitrogens with zero attached hydrogens (tertiary/aromatic N) is 1. The minimum atomic E-state index is -0.0639.